The number of carbonyl (C=O) groups excluding carboxylic acids is 1. The smallest absolute Gasteiger partial charge is 0.251 e. The van der Waals surface area contributed by atoms with Crippen molar-refractivity contribution in [2.75, 3.05) is 4.90 Å². The van der Waals surface area contributed by atoms with Crippen LogP contribution in [0.5, 0.6) is 0 Å². The van der Waals surface area contributed by atoms with Crippen molar-refractivity contribution in [3.05, 3.63) is 101 Å². The number of amides is 1. The van der Waals surface area contributed by atoms with Crippen LogP contribution in [0.25, 0.3) is 0 Å². The Kier molecular flexibility index (Phi) is 4.59. The molecule has 0 N–H and O–H groups in total. The van der Waals surface area contributed by atoms with Crippen molar-refractivity contribution in [2.24, 2.45) is 4.99 Å². The molecular weight excluding hydrogens is 332 g/mol. The van der Waals surface area contributed by atoms with Crippen LogP contribution in [-0.4, -0.2) is 17.7 Å². The number of carbonyl (C=O) groups is 1. The second-order valence-corrected chi connectivity index (χ2v) is 6.89. The maximum absolute atomic E-state index is 13.2. The maximum Gasteiger partial charge on any atom is 0.251 e. The fourth-order valence-corrected chi connectivity index (χ4v) is 3.52. The molecule has 0 saturated heterocycles. The van der Waals surface area contributed by atoms with Crippen LogP contribution >= 0.6 is 0 Å². The lowest BCUT2D eigenvalue weighted by molar-refractivity contribution is -0.119. The fraction of sp³-hybridized carbons (Fsp3) is 0.167. The van der Waals surface area contributed by atoms with Gasteiger partial charge in [0.1, 0.15) is 6.04 Å². The largest absolute Gasteiger partial charge is 0.305 e. The van der Waals surface area contributed by atoms with Gasteiger partial charge in [-0.25, -0.2) is 0 Å². The first-order valence-electron chi connectivity index (χ1n) is 9.23. The van der Waals surface area contributed by atoms with Gasteiger partial charge in [0.05, 0.1) is 17.9 Å². The molecule has 1 heterocycles. The highest BCUT2D eigenvalue weighted by Crippen LogP contribution is 2.30. The summed E-state index contributed by atoms with van der Waals surface area (Å²) in [4.78, 5) is 19.9. The van der Waals surface area contributed by atoms with Gasteiger partial charge in [-0.3, -0.25) is 9.79 Å². The summed E-state index contributed by atoms with van der Waals surface area (Å²) < 4.78 is 0. The standard InChI is InChI=1S/C24H22N2O/c1-17-10-6-7-13-20(17)16-26-22-15-9-8-14-21(22)23(25-18(2)24(26)27)19-11-4-3-5-12-19/h3-15,18H,16H2,1-2H3/t18-/m0/s1. The number of para-hydroxylation sites is 1. The molecule has 134 valence electrons. The van der Waals surface area contributed by atoms with Gasteiger partial charge in [-0.05, 0) is 31.0 Å². The summed E-state index contributed by atoms with van der Waals surface area (Å²) in [5.41, 5.74) is 6.15. The molecule has 0 unspecified atom stereocenters. The van der Waals surface area contributed by atoms with Gasteiger partial charge in [0, 0.05) is 11.1 Å². The molecule has 1 aliphatic heterocycles. The van der Waals surface area contributed by atoms with Gasteiger partial charge in [-0.2, -0.15) is 0 Å². The van der Waals surface area contributed by atoms with Crippen molar-refractivity contribution in [1.29, 1.82) is 0 Å². The van der Waals surface area contributed by atoms with Gasteiger partial charge >= 0.3 is 0 Å². The second-order valence-electron chi connectivity index (χ2n) is 6.89. The van der Waals surface area contributed by atoms with Crippen LogP contribution in [0.2, 0.25) is 0 Å². The summed E-state index contributed by atoms with van der Waals surface area (Å²) in [6.07, 6.45) is 0. The monoisotopic (exact) mass is 354 g/mol. The lowest BCUT2D eigenvalue weighted by Gasteiger charge is -2.25. The van der Waals surface area contributed by atoms with E-state index in [1.165, 1.54) is 5.56 Å². The van der Waals surface area contributed by atoms with Crippen LogP contribution in [0.15, 0.2) is 83.9 Å². The normalized spacial score (nSPS) is 16.5. The van der Waals surface area contributed by atoms with Crippen LogP contribution in [0.3, 0.4) is 0 Å². The summed E-state index contributed by atoms with van der Waals surface area (Å²) in [6.45, 7) is 4.51. The molecule has 0 bridgehead atoms. The third-order valence-corrected chi connectivity index (χ3v) is 5.03. The zero-order valence-electron chi connectivity index (χ0n) is 15.6. The zero-order chi connectivity index (χ0) is 18.8. The van der Waals surface area contributed by atoms with E-state index in [1.54, 1.807) is 0 Å². The highest BCUT2D eigenvalue weighted by molar-refractivity contribution is 6.20. The quantitative estimate of drug-likeness (QED) is 0.667. The lowest BCUT2D eigenvalue weighted by Crippen LogP contribution is -2.36. The Hall–Kier alpha value is -3.20. The zero-order valence-corrected chi connectivity index (χ0v) is 15.6. The van der Waals surface area contributed by atoms with E-state index in [9.17, 15) is 4.79 Å². The molecular formula is C24H22N2O. The van der Waals surface area contributed by atoms with Crippen LogP contribution in [0.4, 0.5) is 5.69 Å². The number of rotatable bonds is 3. The predicted octanol–water partition coefficient (Wildman–Crippen LogP) is 4.77. The number of fused-ring (bicyclic) bond motifs is 1. The van der Waals surface area contributed by atoms with E-state index in [1.807, 2.05) is 72.5 Å². The van der Waals surface area contributed by atoms with Crippen LogP contribution in [0, 0.1) is 6.92 Å². The highest BCUT2D eigenvalue weighted by Gasteiger charge is 2.29. The van der Waals surface area contributed by atoms with Crippen LogP contribution < -0.4 is 4.90 Å². The van der Waals surface area contributed by atoms with Crippen molar-refractivity contribution in [1.82, 2.24) is 0 Å². The first-order chi connectivity index (χ1) is 13.1. The molecule has 3 nitrogen and oxygen atoms in total. The lowest BCUT2D eigenvalue weighted by atomic mass is 10.00. The Morgan fingerprint density at radius 2 is 1.56 bits per heavy atom. The topological polar surface area (TPSA) is 32.7 Å². The molecule has 0 fully saturated rings. The van der Waals surface area contributed by atoms with E-state index in [2.05, 4.69) is 25.1 Å². The van der Waals surface area contributed by atoms with Crippen LogP contribution in [-0.2, 0) is 11.3 Å². The van der Waals surface area contributed by atoms with E-state index < -0.39 is 6.04 Å². The molecule has 4 rings (SSSR count). The molecule has 0 radical (unpaired) electrons. The van der Waals surface area contributed by atoms with Crippen molar-refractivity contribution < 1.29 is 4.79 Å². The second kappa shape index (κ2) is 7.20. The molecule has 1 atom stereocenters. The minimum absolute atomic E-state index is 0.0247. The summed E-state index contributed by atoms with van der Waals surface area (Å²) in [7, 11) is 0. The van der Waals surface area contributed by atoms with Crippen molar-refractivity contribution in [3.8, 4) is 0 Å². The molecule has 0 saturated carbocycles. The summed E-state index contributed by atoms with van der Waals surface area (Å²) in [5, 5.41) is 0. The molecule has 27 heavy (non-hydrogen) atoms. The number of aliphatic imine (C=N–C) groups is 1. The van der Waals surface area contributed by atoms with Crippen molar-refractivity contribution in [2.45, 2.75) is 26.4 Å². The third kappa shape index (κ3) is 3.28. The fourth-order valence-electron chi connectivity index (χ4n) is 3.52. The molecule has 1 aliphatic rings. The number of hydrogen-bond acceptors (Lipinski definition) is 2. The van der Waals surface area contributed by atoms with E-state index in [0.29, 0.717) is 6.54 Å². The Labute approximate surface area is 160 Å². The Balaban J connectivity index is 1.84. The molecule has 0 spiro atoms. The maximum atomic E-state index is 13.2. The SMILES string of the molecule is Cc1ccccc1CN1C(=O)[C@H](C)N=C(c2ccccc2)c2ccccc21. The van der Waals surface area contributed by atoms with Crippen molar-refractivity contribution >= 4 is 17.3 Å². The summed E-state index contributed by atoms with van der Waals surface area (Å²) in [6, 6.07) is 25.9. The van der Waals surface area contributed by atoms with Gasteiger partial charge < -0.3 is 4.90 Å². The highest BCUT2D eigenvalue weighted by atomic mass is 16.2. The van der Waals surface area contributed by atoms with Gasteiger partial charge in [0.15, 0.2) is 0 Å². The van der Waals surface area contributed by atoms with E-state index in [-0.39, 0.29) is 5.91 Å². The molecule has 0 aliphatic carbocycles. The predicted molar refractivity (Wildman–Crippen MR) is 110 cm³/mol. The van der Waals surface area contributed by atoms with Gasteiger partial charge in [-0.15, -0.1) is 0 Å². The number of benzene rings is 3. The molecule has 3 heteroatoms. The number of nitrogens with zero attached hydrogens (tertiary/aromatic N) is 2. The first-order valence-corrected chi connectivity index (χ1v) is 9.23. The Morgan fingerprint density at radius 1 is 0.889 bits per heavy atom. The van der Waals surface area contributed by atoms with E-state index in [4.69, 9.17) is 4.99 Å². The molecule has 1 amide bonds. The molecule has 3 aromatic rings. The van der Waals surface area contributed by atoms with Gasteiger partial charge in [-0.1, -0.05) is 72.8 Å². The first kappa shape index (κ1) is 17.2. The van der Waals surface area contributed by atoms with Crippen LogP contribution in [0.1, 0.15) is 29.2 Å². The number of hydrogen-bond donors (Lipinski definition) is 0. The molecule has 0 aromatic heterocycles. The number of aryl methyl sites for hydroxylation is 1. The number of anilines is 1. The van der Waals surface area contributed by atoms with Gasteiger partial charge in [0.25, 0.3) is 5.91 Å². The summed E-state index contributed by atoms with van der Waals surface area (Å²) >= 11 is 0. The van der Waals surface area contributed by atoms with Crippen molar-refractivity contribution in [3.63, 3.8) is 0 Å². The van der Waals surface area contributed by atoms with Gasteiger partial charge in [0.2, 0.25) is 0 Å². The number of benzodiazepines with no additional fused rings is 1. The minimum Gasteiger partial charge on any atom is -0.305 e. The Bertz CT molecular complexity index is 1010. The average molecular weight is 354 g/mol. The van der Waals surface area contributed by atoms with E-state index >= 15 is 0 Å². The van der Waals surface area contributed by atoms with E-state index in [0.717, 1.165) is 28.1 Å². The minimum atomic E-state index is -0.434. The Morgan fingerprint density at radius 3 is 2.33 bits per heavy atom. The summed E-state index contributed by atoms with van der Waals surface area (Å²) in [5.74, 6) is 0.0247. The molecule has 3 aromatic carbocycles. The third-order valence-electron chi connectivity index (χ3n) is 5.03. The average Bonchev–Trinajstić information content (AvgIpc) is 2.81.